The number of benzene rings is 2. The Morgan fingerprint density at radius 2 is 1.83 bits per heavy atom. The smallest absolute Gasteiger partial charge is 0.416 e. The number of alkyl halides is 3. The molecule has 0 bridgehead atoms. The van der Waals surface area contributed by atoms with Crippen LogP contribution in [0.1, 0.15) is 5.56 Å². The van der Waals surface area contributed by atoms with Gasteiger partial charge in [0.1, 0.15) is 5.75 Å². The Bertz CT molecular complexity index is 918. The van der Waals surface area contributed by atoms with Crippen LogP contribution < -0.4 is 10.4 Å². The summed E-state index contributed by atoms with van der Waals surface area (Å²) in [4.78, 5) is 15.9. The quantitative estimate of drug-likeness (QED) is 0.727. The first-order chi connectivity index (χ1) is 10.9. The first kappa shape index (κ1) is 15.1. The summed E-state index contributed by atoms with van der Waals surface area (Å²) in [6.45, 7) is 0. The van der Waals surface area contributed by atoms with E-state index >= 15 is 0 Å². The topological polar surface area (TPSA) is 44.1 Å². The van der Waals surface area contributed by atoms with E-state index in [1.807, 2.05) is 0 Å². The van der Waals surface area contributed by atoms with Gasteiger partial charge in [-0.05, 0) is 24.3 Å². The van der Waals surface area contributed by atoms with Gasteiger partial charge in [0.25, 0.3) is 0 Å². The van der Waals surface area contributed by atoms with Crippen molar-refractivity contribution in [2.24, 2.45) is 0 Å². The summed E-state index contributed by atoms with van der Waals surface area (Å²) in [5, 5.41) is 0.323. The van der Waals surface area contributed by atoms with Crippen LogP contribution in [0.15, 0.2) is 53.5 Å². The number of para-hydroxylation sites is 1. The molecular formula is C16H11F3N2O2. The minimum atomic E-state index is -4.55. The van der Waals surface area contributed by atoms with Gasteiger partial charge in [-0.2, -0.15) is 13.2 Å². The van der Waals surface area contributed by atoms with E-state index in [-0.39, 0.29) is 11.3 Å². The highest BCUT2D eigenvalue weighted by Crippen LogP contribution is 2.36. The number of nitrogens with zero attached hydrogens (tertiary/aromatic N) is 2. The van der Waals surface area contributed by atoms with E-state index < -0.39 is 17.4 Å². The Morgan fingerprint density at radius 1 is 1.13 bits per heavy atom. The number of halogens is 3. The maximum absolute atomic E-state index is 13.1. The molecule has 118 valence electrons. The molecule has 0 aliphatic rings. The highest BCUT2D eigenvalue weighted by molar-refractivity contribution is 5.87. The van der Waals surface area contributed by atoms with Crippen LogP contribution in [0.3, 0.4) is 0 Å². The minimum absolute atomic E-state index is 0.00649. The summed E-state index contributed by atoms with van der Waals surface area (Å²) < 4.78 is 45.5. The van der Waals surface area contributed by atoms with Crippen molar-refractivity contribution in [1.82, 2.24) is 9.55 Å². The molecular weight excluding hydrogens is 309 g/mol. The standard InChI is InChI=1S/C16H11F3N2O2/c1-23-14-8-10(16(17,18)19)7-13-12(14)9-20-15(22)21(13)11-5-3-2-4-6-11/h2-9H,1H3. The third-order valence-electron chi connectivity index (χ3n) is 3.42. The monoisotopic (exact) mass is 320 g/mol. The highest BCUT2D eigenvalue weighted by Gasteiger charge is 2.32. The maximum atomic E-state index is 13.1. The molecule has 3 aromatic rings. The number of hydrogen-bond acceptors (Lipinski definition) is 3. The third kappa shape index (κ3) is 2.65. The van der Waals surface area contributed by atoms with Crippen LogP contribution in [-0.4, -0.2) is 16.7 Å². The second-order valence-electron chi connectivity index (χ2n) is 4.82. The van der Waals surface area contributed by atoms with Gasteiger partial charge >= 0.3 is 11.9 Å². The van der Waals surface area contributed by atoms with Gasteiger partial charge in [-0.25, -0.2) is 9.78 Å². The second-order valence-corrected chi connectivity index (χ2v) is 4.82. The SMILES string of the molecule is COc1cc(C(F)(F)F)cc2c1cnc(=O)n2-c1ccccc1. The number of aromatic nitrogens is 2. The first-order valence-corrected chi connectivity index (χ1v) is 6.64. The second kappa shape index (κ2) is 5.42. The molecule has 0 amide bonds. The molecule has 1 heterocycles. The lowest BCUT2D eigenvalue weighted by Gasteiger charge is -2.15. The number of hydrogen-bond donors (Lipinski definition) is 0. The molecule has 0 saturated carbocycles. The van der Waals surface area contributed by atoms with Crippen LogP contribution >= 0.6 is 0 Å². The van der Waals surface area contributed by atoms with Gasteiger partial charge in [-0.1, -0.05) is 18.2 Å². The van der Waals surface area contributed by atoms with E-state index in [1.165, 1.54) is 13.3 Å². The Morgan fingerprint density at radius 3 is 2.43 bits per heavy atom. The normalized spacial score (nSPS) is 11.7. The average Bonchev–Trinajstić information content (AvgIpc) is 2.53. The predicted octanol–water partition coefficient (Wildman–Crippen LogP) is 3.41. The molecule has 0 aliphatic carbocycles. The highest BCUT2D eigenvalue weighted by atomic mass is 19.4. The van der Waals surface area contributed by atoms with E-state index in [2.05, 4.69) is 4.98 Å². The van der Waals surface area contributed by atoms with Crippen LogP contribution in [0, 0.1) is 0 Å². The summed E-state index contributed by atoms with van der Waals surface area (Å²) in [5.74, 6) is 0.00649. The Labute approximate surface area is 128 Å². The fraction of sp³-hybridized carbons (Fsp3) is 0.125. The van der Waals surface area contributed by atoms with Crippen LogP contribution in [0.2, 0.25) is 0 Å². The lowest BCUT2D eigenvalue weighted by atomic mass is 10.1. The van der Waals surface area contributed by atoms with E-state index in [9.17, 15) is 18.0 Å². The van der Waals surface area contributed by atoms with Crippen LogP contribution in [0.4, 0.5) is 13.2 Å². The van der Waals surface area contributed by atoms with E-state index in [4.69, 9.17) is 4.74 Å². The van der Waals surface area contributed by atoms with Crippen LogP contribution in [0.25, 0.3) is 16.6 Å². The molecule has 0 radical (unpaired) electrons. The van der Waals surface area contributed by atoms with Gasteiger partial charge < -0.3 is 4.74 Å². The first-order valence-electron chi connectivity index (χ1n) is 6.64. The van der Waals surface area contributed by atoms with Gasteiger partial charge in [-0.3, -0.25) is 4.57 Å². The molecule has 23 heavy (non-hydrogen) atoms. The molecule has 0 atom stereocenters. The number of methoxy groups -OCH3 is 1. The lowest BCUT2D eigenvalue weighted by Crippen LogP contribution is -2.21. The zero-order valence-electron chi connectivity index (χ0n) is 12.0. The molecule has 4 nitrogen and oxygen atoms in total. The maximum Gasteiger partial charge on any atom is 0.416 e. The summed E-state index contributed by atoms with van der Waals surface area (Å²) >= 11 is 0. The Hall–Kier alpha value is -2.83. The summed E-state index contributed by atoms with van der Waals surface area (Å²) in [7, 11) is 1.27. The van der Waals surface area contributed by atoms with Gasteiger partial charge in [0.2, 0.25) is 0 Å². The van der Waals surface area contributed by atoms with Crippen molar-refractivity contribution in [1.29, 1.82) is 0 Å². The molecule has 1 aromatic heterocycles. The van der Waals surface area contributed by atoms with Crippen molar-refractivity contribution in [2.75, 3.05) is 7.11 Å². The van der Waals surface area contributed by atoms with Gasteiger partial charge in [0, 0.05) is 6.20 Å². The van der Waals surface area contributed by atoms with Crippen molar-refractivity contribution in [3.05, 3.63) is 64.7 Å². The van der Waals surface area contributed by atoms with Crippen molar-refractivity contribution < 1.29 is 17.9 Å². The number of fused-ring (bicyclic) bond motifs is 1. The molecule has 7 heteroatoms. The predicted molar refractivity (Wildman–Crippen MR) is 78.9 cm³/mol. The van der Waals surface area contributed by atoms with Crippen molar-refractivity contribution in [3.8, 4) is 11.4 Å². The minimum Gasteiger partial charge on any atom is -0.496 e. The zero-order chi connectivity index (χ0) is 16.6. The summed E-state index contributed by atoms with van der Waals surface area (Å²) in [6.07, 6.45) is -3.33. The Balaban J connectivity index is 2.44. The molecule has 0 N–H and O–H groups in total. The molecule has 0 fully saturated rings. The van der Waals surface area contributed by atoms with E-state index in [0.29, 0.717) is 11.1 Å². The Kier molecular flexibility index (Phi) is 3.55. The van der Waals surface area contributed by atoms with Crippen molar-refractivity contribution >= 4 is 10.9 Å². The number of ether oxygens (including phenoxy) is 1. The largest absolute Gasteiger partial charge is 0.496 e. The summed E-state index contributed by atoms with van der Waals surface area (Å²) in [5.41, 5.74) is -1.04. The van der Waals surface area contributed by atoms with Crippen molar-refractivity contribution in [3.63, 3.8) is 0 Å². The average molecular weight is 320 g/mol. The van der Waals surface area contributed by atoms with E-state index in [0.717, 1.165) is 16.7 Å². The fourth-order valence-corrected chi connectivity index (χ4v) is 2.37. The molecule has 0 aliphatic heterocycles. The van der Waals surface area contributed by atoms with Gasteiger partial charge in [0.05, 0.1) is 29.3 Å². The van der Waals surface area contributed by atoms with Gasteiger partial charge in [-0.15, -0.1) is 0 Å². The summed E-state index contributed by atoms with van der Waals surface area (Å²) in [6, 6.07) is 10.2. The fourth-order valence-electron chi connectivity index (χ4n) is 2.37. The molecule has 0 unspecified atom stereocenters. The molecule has 2 aromatic carbocycles. The van der Waals surface area contributed by atoms with Crippen LogP contribution in [-0.2, 0) is 6.18 Å². The molecule has 0 spiro atoms. The van der Waals surface area contributed by atoms with Crippen molar-refractivity contribution in [2.45, 2.75) is 6.18 Å². The number of rotatable bonds is 2. The van der Waals surface area contributed by atoms with E-state index in [1.54, 1.807) is 30.3 Å². The van der Waals surface area contributed by atoms with Crippen LogP contribution in [0.5, 0.6) is 5.75 Å². The van der Waals surface area contributed by atoms with Gasteiger partial charge in [0.15, 0.2) is 0 Å². The molecule has 0 saturated heterocycles. The molecule has 3 rings (SSSR count). The lowest BCUT2D eigenvalue weighted by molar-refractivity contribution is -0.137. The zero-order valence-corrected chi connectivity index (χ0v) is 12.0. The third-order valence-corrected chi connectivity index (χ3v) is 3.42.